The molecule has 4 bridgehead atoms. The Bertz CT molecular complexity index is 1240. The predicted octanol–water partition coefficient (Wildman–Crippen LogP) is 6.27. The molecule has 4 saturated carbocycles. The average Bonchev–Trinajstić information content (AvgIpc) is 3.21. The first kappa shape index (κ1) is 24.0. The number of benzene rings is 1. The number of nitrogens with one attached hydrogen (secondary N) is 3. The number of fused-ring (bicyclic) bond motifs is 1. The van der Waals surface area contributed by atoms with Gasteiger partial charge in [0.05, 0.1) is 16.4 Å². The van der Waals surface area contributed by atoms with Crippen LogP contribution in [0.25, 0.3) is 16.9 Å². The van der Waals surface area contributed by atoms with Gasteiger partial charge in [-0.3, -0.25) is 0 Å². The van der Waals surface area contributed by atoms with Gasteiger partial charge in [-0.2, -0.15) is 9.61 Å². The summed E-state index contributed by atoms with van der Waals surface area (Å²) in [6.45, 7) is 1.43. The van der Waals surface area contributed by atoms with E-state index in [4.69, 9.17) is 16.6 Å². The molecule has 0 radical (unpaired) electrons. The highest BCUT2D eigenvalue weighted by atomic mass is 79.9. The first-order chi connectivity index (χ1) is 17.5. The van der Waals surface area contributed by atoms with Gasteiger partial charge in [-0.05, 0) is 91.1 Å². The lowest BCUT2D eigenvalue weighted by Gasteiger charge is -2.56. The van der Waals surface area contributed by atoms with Crippen LogP contribution in [0, 0.1) is 17.8 Å². The second kappa shape index (κ2) is 9.86. The molecule has 0 atom stereocenters. The number of nitrogens with zero attached hydrogens (tertiary/aromatic N) is 3. The largest absolute Gasteiger partial charge is 0.370 e. The van der Waals surface area contributed by atoms with Crippen LogP contribution in [0.4, 0.5) is 10.6 Å². The molecule has 2 aromatic heterocycles. The van der Waals surface area contributed by atoms with E-state index in [-0.39, 0.29) is 11.6 Å². The van der Waals surface area contributed by atoms with E-state index in [2.05, 4.69) is 37.0 Å². The first-order valence-electron chi connectivity index (χ1n) is 13.1. The van der Waals surface area contributed by atoms with Gasteiger partial charge < -0.3 is 16.0 Å². The van der Waals surface area contributed by atoms with Crippen LogP contribution in [0.2, 0.25) is 5.02 Å². The molecule has 1 aromatic carbocycles. The lowest BCUT2D eigenvalue weighted by Crippen LogP contribution is -2.61. The van der Waals surface area contributed by atoms with Crippen molar-refractivity contribution in [2.45, 2.75) is 56.9 Å². The standard InChI is InChI=1S/C27H32BrClN6O/c28-21-16-32-35-24(12-23(33-25(21)35)20-5-1-2-6-22(20)29)30-7-3-4-8-31-26(36)34-27-13-17-9-18(14-27)11-19(10-17)15-27/h1-2,5-6,12,16-19,30H,3-4,7-11,13-15H2,(H2,31,34,36). The van der Waals surface area contributed by atoms with Crippen molar-refractivity contribution in [1.29, 1.82) is 0 Å². The summed E-state index contributed by atoms with van der Waals surface area (Å²) in [5, 5.41) is 15.1. The molecule has 0 aliphatic heterocycles. The molecule has 4 fully saturated rings. The van der Waals surface area contributed by atoms with E-state index < -0.39 is 0 Å². The van der Waals surface area contributed by atoms with Gasteiger partial charge in [0.2, 0.25) is 0 Å². The van der Waals surface area contributed by atoms with Crippen molar-refractivity contribution in [2.75, 3.05) is 18.4 Å². The molecule has 0 unspecified atom stereocenters. The third-order valence-electron chi connectivity index (χ3n) is 8.19. The number of hydrogen-bond acceptors (Lipinski definition) is 4. The minimum absolute atomic E-state index is 0.00604. The average molecular weight is 572 g/mol. The Morgan fingerprint density at radius 1 is 1.08 bits per heavy atom. The zero-order chi connectivity index (χ0) is 24.7. The number of urea groups is 1. The Morgan fingerprint density at radius 3 is 2.50 bits per heavy atom. The minimum atomic E-state index is 0.00604. The van der Waals surface area contributed by atoms with Crippen LogP contribution in [-0.4, -0.2) is 39.3 Å². The van der Waals surface area contributed by atoms with Crippen LogP contribution < -0.4 is 16.0 Å². The molecule has 9 heteroatoms. The summed E-state index contributed by atoms with van der Waals surface area (Å²) in [5.74, 6) is 3.34. The summed E-state index contributed by atoms with van der Waals surface area (Å²) >= 11 is 9.97. The number of carbonyl (C=O) groups excluding carboxylic acids is 1. The molecule has 190 valence electrons. The fraction of sp³-hybridized carbons (Fsp3) is 0.519. The Morgan fingerprint density at radius 2 is 1.78 bits per heavy atom. The third kappa shape index (κ3) is 4.82. The van der Waals surface area contributed by atoms with Crippen LogP contribution >= 0.6 is 27.5 Å². The second-order valence-corrected chi connectivity index (χ2v) is 12.2. The summed E-state index contributed by atoms with van der Waals surface area (Å²) in [6.07, 6.45) is 11.2. The van der Waals surface area contributed by atoms with E-state index in [0.29, 0.717) is 11.6 Å². The van der Waals surface area contributed by atoms with Gasteiger partial charge in [-0.1, -0.05) is 29.8 Å². The lowest BCUT2D eigenvalue weighted by molar-refractivity contribution is -0.0135. The molecule has 3 N–H and O–H groups in total. The topological polar surface area (TPSA) is 83.3 Å². The molecular weight excluding hydrogens is 540 g/mol. The number of amides is 2. The van der Waals surface area contributed by atoms with E-state index in [1.54, 1.807) is 10.7 Å². The van der Waals surface area contributed by atoms with Crippen LogP contribution in [-0.2, 0) is 0 Å². The number of halogens is 2. The molecule has 4 aliphatic carbocycles. The number of hydrogen-bond donors (Lipinski definition) is 3. The first-order valence-corrected chi connectivity index (χ1v) is 14.2. The summed E-state index contributed by atoms with van der Waals surface area (Å²) in [6, 6.07) is 9.69. The smallest absolute Gasteiger partial charge is 0.315 e. The molecule has 7 rings (SSSR count). The second-order valence-electron chi connectivity index (χ2n) is 10.9. The highest BCUT2D eigenvalue weighted by molar-refractivity contribution is 9.10. The van der Waals surface area contributed by atoms with Gasteiger partial charge in [-0.25, -0.2) is 9.78 Å². The Labute approximate surface area is 224 Å². The van der Waals surface area contributed by atoms with E-state index in [0.717, 1.165) is 64.3 Å². The molecular formula is C27H32BrClN6O. The maximum absolute atomic E-state index is 12.7. The molecule has 3 aromatic rings. The van der Waals surface area contributed by atoms with Crippen molar-refractivity contribution in [1.82, 2.24) is 25.2 Å². The van der Waals surface area contributed by atoms with Gasteiger partial charge in [0.25, 0.3) is 0 Å². The monoisotopic (exact) mass is 570 g/mol. The molecule has 2 amide bonds. The van der Waals surface area contributed by atoms with Crippen molar-refractivity contribution >= 4 is 45.0 Å². The lowest BCUT2D eigenvalue weighted by atomic mass is 9.53. The molecule has 2 heterocycles. The van der Waals surface area contributed by atoms with Crippen LogP contribution in [0.3, 0.4) is 0 Å². The summed E-state index contributed by atoms with van der Waals surface area (Å²) in [5.41, 5.74) is 2.47. The van der Waals surface area contributed by atoms with Gasteiger partial charge in [0.1, 0.15) is 5.82 Å². The summed E-state index contributed by atoms with van der Waals surface area (Å²) in [7, 11) is 0. The van der Waals surface area contributed by atoms with E-state index in [9.17, 15) is 4.79 Å². The maximum atomic E-state index is 12.7. The van der Waals surface area contributed by atoms with Gasteiger partial charge >= 0.3 is 6.03 Å². The highest BCUT2D eigenvalue weighted by Crippen LogP contribution is 2.55. The fourth-order valence-corrected chi connectivity index (χ4v) is 7.67. The molecule has 0 spiro atoms. The number of carbonyl (C=O) groups is 1. The van der Waals surface area contributed by atoms with Crippen LogP contribution in [0.1, 0.15) is 51.4 Å². The van der Waals surface area contributed by atoms with Crippen LogP contribution in [0.5, 0.6) is 0 Å². The van der Waals surface area contributed by atoms with Crippen molar-refractivity contribution in [3.05, 3.63) is 46.0 Å². The zero-order valence-corrected chi connectivity index (χ0v) is 22.6. The predicted molar refractivity (Wildman–Crippen MR) is 146 cm³/mol. The quantitative estimate of drug-likeness (QED) is 0.278. The summed E-state index contributed by atoms with van der Waals surface area (Å²) < 4.78 is 2.62. The number of anilines is 1. The normalized spacial score (nSPS) is 26.3. The van der Waals surface area contributed by atoms with Gasteiger partial charge in [0.15, 0.2) is 5.65 Å². The summed E-state index contributed by atoms with van der Waals surface area (Å²) in [4.78, 5) is 17.4. The van der Waals surface area contributed by atoms with E-state index >= 15 is 0 Å². The van der Waals surface area contributed by atoms with Gasteiger partial charge in [0, 0.05) is 35.3 Å². The highest BCUT2D eigenvalue weighted by Gasteiger charge is 2.51. The fourth-order valence-electron chi connectivity index (χ4n) is 7.09. The zero-order valence-electron chi connectivity index (χ0n) is 20.3. The van der Waals surface area contributed by atoms with Crippen molar-refractivity contribution in [3.8, 4) is 11.3 Å². The number of aromatic nitrogens is 3. The van der Waals surface area contributed by atoms with Crippen molar-refractivity contribution in [3.63, 3.8) is 0 Å². The Balaban J connectivity index is 1.01. The van der Waals surface area contributed by atoms with E-state index in [1.165, 1.54) is 38.5 Å². The van der Waals surface area contributed by atoms with Crippen LogP contribution in [0.15, 0.2) is 41.0 Å². The van der Waals surface area contributed by atoms with E-state index in [1.807, 2.05) is 30.3 Å². The number of rotatable bonds is 8. The minimum Gasteiger partial charge on any atom is -0.370 e. The molecule has 4 aliphatic rings. The van der Waals surface area contributed by atoms with Crippen molar-refractivity contribution < 1.29 is 4.79 Å². The molecule has 36 heavy (non-hydrogen) atoms. The Hall–Kier alpha value is -2.32. The van der Waals surface area contributed by atoms with Crippen molar-refractivity contribution in [2.24, 2.45) is 17.8 Å². The molecule has 0 saturated heterocycles. The molecule has 7 nitrogen and oxygen atoms in total. The third-order valence-corrected chi connectivity index (χ3v) is 9.08. The Kier molecular flexibility index (Phi) is 6.58. The SMILES string of the molecule is O=C(NCCCCNc1cc(-c2ccccc2Cl)nc2c(Br)cnn12)NC12CC3CC(CC(C3)C1)C2. The van der Waals surface area contributed by atoms with Gasteiger partial charge in [-0.15, -0.1) is 0 Å². The maximum Gasteiger partial charge on any atom is 0.315 e. The number of unbranched alkanes of at least 4 members (excludes halogenated alkanes) is 1.